The summed E-state index contributed by atoms with van der Waals surface area (Å²) in [4.78, 5) is 9.41. The molecule has 0 bridgehead atoms. The van der Waals surface area contributed by atoms with Gasteiger partial charge in [0.05, 0.1) is 0 Å². The van der Waals surface area contributed by atoms with Gasteiger partial charge in [0, 0.05) is 57.8 Å². The van der Waals surface area contributed by atoms with Gasteiger partial charge in [0.2, 0.25) is 0 Å². The zero-order chi connectivity index (χ0) is 18.4. The maximum Gasteiger partial charge on any atom is 0.191 e. The lowest BCUT2D eigenvalue weighted by atomic mass is 9.64. The number of guanidine groups is 1. The lowest BCUT2D eigenvalue weighted by Crippen LogP contribution is -2.53. The molecule has 1 aliphatic heterocycles. The Kier molecular flexibility index (Phi) is 8.82. The van der Waals surface area contributed by atoms with Gasteiger partial charge in [-0.25, -0.2) is 0 Å². The van der Waals surface area contributed by atoms with E-state index in [1.807, 2.05) is 7.05 Å². The standard InChI is InChI=1S/C21H35N5.HI/c1-18(26-14-12-25(3)13-15-26)16-23-20(22-2)24-17-21(10-7-11-21)19-8-5-4-6-9-19;/h4-6,8-9,18H,7,10-17H2,1-3H3,(H2,22,23,24);1H. The third-order valence-electron chi connectivity index (χ3n) is 6.24. The third-order valence-corrected chi connectivity index (χ3v) is 6.24. The fraction of sp³-hybridized carbons (Fsp3) is 0.667. The molecule has 5 nitrogen and oxygen atoms in total. The first-order chi connectivity index (χ1) is 12.6. The van der Waals surface area contributed by atoms with Crippen LogP contribution in [-0.2, 0) is 5.41 Å². The lowest BCUT2D eigenvalue weighted by Gasteiger charge is -2.43. The highest BCUT2D eigenvalue weighted by atomic mass is 127. The molecule has 1 heterocycles. The molecule has 3 rings (SSSR count). The van der Waals surface area contributed by atoms with E-state index in [0.717, 1.165) is 45.2 Å². The van der Waals surface area contributed by atoms with Gasteiger partial charge in [-0.3, -0.25) is 9.89 Å². The van der Waals surface area contributed by atoms with Crippen LogP contribution in [0.4, 0.5) is 0 Å². The van der Waals surface area contributed by atoms with Crippen molar-refractivity contribution < 1.29 is 0 Å². The molecule has 0 radical (unpaired) electrons. The molecule has 1 atom stereocenters. The van der Waals surface area contributed by atoms with Gasteiger partial charge in [-0.15, -0.1) is 24.0 Å². The maximum atomic E-state index is 4.44. The van der Waals surface area contributed by atoms with Gasteiger partial charge in [-0.1, -0.05) is 36.8 Å². The maximum absolute atomic E-state index is 4.44. The summed E-state index contributed by atoms with van der Waals surface area (Å²) in [7, 11) is 4.07. The summed E-state index contributed by atoms with van der Waals surface area (Å²) in [5, 5.41) is 7.12. The van der Waals surface area contributed by atoms with Crippen molar-refractivity contribution in [1.82, 2.24) is 20.4 Å². The van der Waals surface area contributed by atoms with Crippen LogP contribution in [0.2, 0.25) is 0 Å². The van der Waals surface area contributed by atoms with Gasteiger partial charge in [-0.05, 0) is 32.4 Å². The zero-order valence-electron chi connectivity index (χ0n) is 17.1. The second-order valence-electron chi connectivity index (χ2n) is 7.99. The highest BCUT2D eigenvalue weighted by Crippen LogP contribution is 2.43. The molecule has 1 aromatic rings. The summed E-state index contributed by atoms with van der Waals surface area (Å²) >= 11 is 0. The minimum absolute atomic E-state index is 0. The molecular formula is C21H36IN5. The molecule has 1 aromatic carbocycles. The molecule has 1 saturated carbocycles. The van der Waals surface area contributed by atoms with Crippen molar-refractivity contribution in [2.45, 2.75) is 37.6 Å². The minimum Gasteiger partial charge on any atom is -0.356 e. The van der Waals surface area contributed by atoms with Crippen molar-refractivity contribution in [1.29, 1.82) is 0 Å². The summed E-state index contributed by atoms with van der Waals surface area (Å²) in [6.45, 7) is 8.84. The van der Waals surface area contributed by atoms with Crippen LogP contribution in [0, 0.1) is 0 Å². The monoisotopic (exact) mass is 485 g/mol. The van der Waals surface area contributed by atoms with Crippen molar-refractivity contribution in [3.05, 3.63) is 35.9 Å². The van der Waals surface area contributed by atoms with Crippen molar-refractivity contribution >= 4 is 29.9 Å². The Morgan fingerprint density at radius 3 is 2.33 bits per heavy atom. The molecule has 2 N–H and O–H groups in total. The van der Waals surface area contributed by atoms with E-state index in [9.17, 15) is 0 Å². The summed E-state index contributed by atoms with van der Waals surface area (Å²) in [6, 6.07) is 11.5. The van der Waals surface area contributed by atoms with Gasteiger partial charge in [0.15, 0.2) is 5.96 Å². The quantitative estimate of drug-likeness (QED) is 0.369. The molecule has 1 saturated heterocycles. The van der Waals surface area contributed by atoms with Crippen LogP contribution in [0.15, 0.2) is 35.3 Å². The summed E-state index contributed by atoms with van der Waals surface area (Å²) in [5.74, 6) is 0.924. The number of piperazine rings is 1. The smallest absolute Gasteiger partial charge is 0.191 e. The first kappa shape index (κ1) is 22.4. The number of hydrogen-bond acceptors (Lipinski definition) is 3. The van der Waals surface area contributed by atoms with Gasteiger partial charge < -0.3 is 15.5 Å². The Balaban J connectivity index is 0.00000261. The fourth-order valence-electron chi connectivity index (χ4n) is 4.07. The van der Waals surface area contributed by atoms with Gasteiger partial charge in [0.1, 0.15) is 0 Å². The van der Waals surface area contributed by atoms with Gasteiger partial charge in [0.25, 0.3) is 0 Å². The van der Waals surface area contributed by atoms with Gasteiger partial charge in [-0.2, -0.15) is 0 Å². The van der Waals surface area contributed by atoms with Crippen molar-refractivity contribution in [2.24, 2.45) is 4.99 Å². The number of rotatable bonds is 6. The minimum atomic E-state index is 0. The van der Waals surface area contributed by atoms with Crippen LogP contribution < -0.4 is 10.6 Å². The number of benzene rings is 1. The molecule has 2 fully saturated rings. The second-order valence-corrected chi connectivity index (χ2v) is 7.99. The van der Waals surface area contributed by atoms with Crippen molar-refractivity contribution in [3.8, 4) is 0 Å². The molecule has 0 aromatic heterocycles. The van der Waals surface area contributed by atoms with Crippen molar-refractivity contribution in [2.75, 3.05) is 53.4 Å². The first-order valence-electron chi connectivity index (χ1n) is 10.1. The van der Waals surface area contributed by atoms with E-state index in [4.69, 9.17) is 0 Å². The Labute approximate surface area is 182 Å². The van der Waals surface area contributed by atoms with Crippen LogP contribution in [0.3, 0.4) is 0 Å². The largest absolute Gasteiger partial charge is 0.356 e. The summed E-state index contributed by atoms with van der Waals surface area (Å²) < 4.78 is 0. The normalized spacial score (nSPS) is 21.7. The predicted octanol–water partition coefficient (Wildman–Crippen LogP) is 2.53. The number of hydrogen-bond donors (Lipinski definition) is 2. The first-order valence-corrected chi connectivity index (χ1v) is 10.1. The van der Waals surface area contributed by atoms with Crippen LogP contribution in [0.25, 0.3) is 0 Å². The van der Waals surface area contributed by atoms with E-state index in [2.05, 4.69) is 69.7 Å². The average Bonchev–Trinajstić information content (AvgIpc) is 2.64. The Bertz CT molecular complexity index is 579. The lowest BCUT2D eigenvalue weighted by molar-refractivity contribution is 0.120. The number of aliphatic imine (C=N–C) groups is 1. The Morgan fingerprint density at radius 2 is 1.78 bits per heavy atom. The SMILES string of the molecule is CN=C(NCC(C)N1CCN(C)CC1)NCC1(c2ccccc2)CCC1.I. The molecule has 152 valence electrons. The second kappa shape index (κ2) is 10.6. The summed E-state index contributed by atoms with van der Waals surface area (Å²) in [5.41, 5.74) is 1.74. The highest BCUT2D eigenvalue weighted by molar-refractivity contribution is 14.0. The molecule has 0 amide bonds. The van der Waals surface area contributed by atoms with E-state index < -0.39 is 0 Å². The van der Waals surface area contributed by atoms with E-state index >= 15 is 0 Å². The van der Waals surface area contributed by atoms with Crippen LogP contribution in [0.5, 0.6) is 0 Å². The van der Waals surface area contributed by atoms with E-state index in [-0.39, 0.29) is 29.4 Å². The zero-order valence-corrected chi connectivity index (χ0v) is 19.4. The third kappa shape index (κ3) is 5.81. The molecule has 1 aliphatic carbocycles. The Morgan fingerprint density at radius 1 is 1.11 bits per heavy atom. The number of likely N-dealkylation sites (N-methyl/N-ethyl adjacent to an activating group) is 1. The average molecular weight is 485 g/mol. The number of halogens is 1. The van der Waals surface area contributed by atoms with E-state index in [1.165, 1.54) is 24.8 Å². The summed E-state index contributed by atoms with van der Waals surface area (Å²) in [6.07, 6.45) is 3.85. The predicted molar refractivity (Wildman–Crippen MR) is 125 cm³/mol. The number of nitrogens with zero attached hydrogens (tertiary/aromatic N) is 3. The molecule has 27 heavy (non-hydrogen) atoms. The fourth-order valence-corrected chi connectivity index (χ4v) is 4.07. The van der Waals surface area contributed by atoms with Crippen LogP contribution >= 0.6 is 24.0 Å². The van der Waals surface area contributed by atoms with Crippen LogP contribution in [-0.4, -0.2) is 75.2 Å². The molecule has 6 heteroatoms. The van der Waals surface area contributed by atoms with Crippen LogP contribution in [0.1, 0.15) is 31.7 Å². The van der Waals surface area contributed by atoms with E-state index in [1.54, 1.807) is 0 Å². The molecular weight excluding hydrogens is 449 g/mol. The van der Waals surface area contributed by atoms with E-state index in [0.29, 0.717) is 6.04 Å². The Hall–Kier alpha value is -0.860. The molecule has 0 spiro atoms. The highest BCUT2D eigenvalue weighted by Gasteiger charge is 2.38. The number of nitrogens with one attached hydrogen (secondary N) is 2. The van der Waals surface area contributed by atoms with Gasteiger partial charge >= 0.3 is 0 Å². The molecule has 2 aliphatic rings. The van der Waals surface area contributed by atoms with Crippen molar-refractivity contribution in [3.63, 3.8) is 0 Å². The molecule has 1 unspecified atom stereocenters. The topological polar surface area (TPSA) is 42.9 Å².